The molecule has 7 nitrogen and oxygen atoms in total. The molecule has 0 aliphatic carbocycles. The summed E-state index contributed by atoms with van der Waals surface area (Å²) in [7, 11) is 1.60. The molecule has 29 heavy (non-hydrogen) atoms. The number of methoxy groups -OCH3 is 1. The second kappa shape index (κ2) is 9.75. The van der Waals surface area contributed by atoms with Crippen LogP contribution in [0.25, 0.3) is 11.3 Å². The molecular weight excluding hydrogens is 394 g/mol. The minimum Gasteiger partial charge on any atom is -0.497 e. The molecule has 0 fully saturated rings. The van der Waals surface area contributed by atoms with E-state index >= 15 is 0 Å². The first kappa shape index (κ1) is 20.4. The lowest BCUT2D eigenvalue weighted by Crippen LogP contribution is -2.34. The molecule has 1 heterocycles. The molecule has 0 atom stereocenters. The van der Waals surface area contributed by atoms with Gasteiger partial charge >= 0.3 is 0 Å². The summed E-state index contributed by atoms with van der Waals surface area (Å²) >= 11 is 5.98. The Morgan fingerprint density at radius 2 is 1.86 bits per heavy atom. The fourth-order valence-electron chi connectivity index (χ4n) is 2.58. The summed E-state index contributed by atoms with van der Waals surface area (Å²) in [5.41, 5.74) is 1.26. The third kappa shape index (κ3) is 5.58. The fourth-order valence-corrected chi connectivity index (χ4v) is 2.77. The molecule has 0 saturated heterocycles. The molecule has 8 heteroatoms. The average Bonchev–Trinajstić information content (AvgIpc) is 2.74. The normalized spacial score (nSPS) is 10.4. The smallest absolute Gasteiger partial charge is 0.266 e. The zero-order valence-electron chi connectivity index (χ0n) is 15.8. The Morgan fingerprint density at radius 1 is 1.10 bits per heavy atom. The number of benzene rings is 2. The van der Waals surface area contributed by atoms with Crippen LogP contribution in [0.15, 0.2) is 65.5 Å². The molecule has 1 amide bonds. The van der Waals surface area contributed by atoms with E-state index in [0.717, 1.165) is 11.3 Å². The van der Waals surface area contributed by atoms with Crippen LogP contribution in [0, 0.1) is 0 Å². The van der Waals surface area contributed by atoms with E-state index in [2.05, 4.69) is 10.4 Å². The van der Waals surface area contributed by atoms with Crippen molar-refractivity contribution in [2.45, 2.75) is 6.54 Å². The maximum atomic E-state index is 12.1. The van der Waals surface area contributed by atoms with Crippen LogP contribution in [0.1, 0.15) is 0 Å². The van der Waals surface area contributed by atoms with Gasteiger partial charge in [-0.2, -0.15) is 5.10 Å². The molecule has 3 aromatic rings. The Bertz CT molecular complexity index is 1030. The van der Waals surface area contributed by atoms with Crippen LogP contribution in [-0.4, -0.2) is 35.9 Å². The number of carbonyl (C=O) groups excluding carboxylic acids is 1. The molecule has 1 aromatic heterocycles. The third-order valence-corrected chi connectivity index (χ3v) is 4.41. The fraction of sp³-hybridized carbons (Fsp3) is 0.190. The number of rotatable bonds is 8. The summed E-state index contributed by atoms with van der Waals surface area (Å²) in [5, 5.41) is 7.50. The van der Waals surface area contributed by atoms with Gasteiger partial charge < -0.3 is 14.8 Å². The summed E-state index contributed by atoms with van der Waals surface area (Å²) < 4.78 is 11.8. The number of hydrogen-bond acceptors (Lipinski definition) is 5. The van der Waals surface area contributed by atoms with E-state index in [1.807, 2.05) is 24.3 Å². The number of ether oxygens (including phenoxy) is 2. The molecule has 3 rings (SSSR count). The number of nitrogens with one attached hydrogen (secondary N) is 1. The summed E-state index contributed by atoms with van der Waals surface area (Å²) in [5.74, 6) is 0.863. The standard InChI is InChI=1S/C21H20ClN3O4/c1-28-16-8-6-15(7-9-16)18-10-11-21(27)25(24-18)13-12-23-20(26)14-29-19-5-3-2-4-17(19)22/h2-11H,12-14H2,1H3,(H,23,26). The third-order valence-electron chi connectivity index (χ3n) is 4.09. The summed E-state index contributed by atoms with van der Waals surface area (Å²) in [4.78, 5) is 24.0. The Labute approximate surface area is 172 Å². The average molecular weight is 414 g/mol. The number of hydrogen-bond donors (Lipinski definition) is 1. The van der Waals surface area contributed by atoms with Crippen molar-refractivity contribution in [2.75, 3.05) is 20.3 Å². The minimum absolute atomic E-state index is 0.169. The van der Waals surface area contributed by atoms with E-state index in [-0.39, 0.29) is 31.2 Å². The van der Waals surface area contributed by atoms with Crippen LogP contribution in [0.4, 0.5) is 0 Å². The number of para-hydroxylation sites is 1. The van der Waals surface area contributed by atoms with Gasteiger partial charge in [0.2, 0.25) is 0 Å². The van der Waals surface area contributed by atoms with Crippen LogP contribution in [0.2, 0.25) is 5.02 Å². The highest BCUT2D eigenvalue weighted by Gasteiger charge is 2.07. The van der Waals surface area contributed by atoms with Gasteiger partial charge in [0.05, 0.1) is 24.4 Å². The van der Waals surface area contributed by atoms with Crippen LogP contribution in [0.5, 0.6) is 11.5 Å². The van der Waals surface area contributed by atoms with Gasteiger partial charge in [-0.25, -0.2) is 4.68 Å². The molecule has 2 aromatic carbocycles. The second-order valence-electron chi connectivity index (χ2n) is 6.08. The van der Waals surface area contributed by atoms with Crippen LogP contribution >= 0.6 is 11.6 Å². The van der Waals surface area contributed by atoms with Gasteiger partial charge in [-0.15, -0.1) is 0 Å². The number of nitrogens with zero attached hydrogens (tertiary/aromatic N) is 2. The van der Waals surface area contributed by atoms with Gasteiger partial charge in [0.25, 0.3) is 11.5 Å². The lowest BCUT2D eigenvalue weighted by atomic mass is 10.1. The van der Waals surface area contributed by atoms with Crippen molar-refractivity contribution >= 4 is 17.5 Å². The lowest BCUT2D eigenvalue weighted by Gasteiger charge is -2.10. The molecule has 0 bridgehead atoms. The topological polar surface area (TPSA) is 82.5 Å². The van der Waals surface area contributed by atoms with Crippen molar-refractivity contribution in [2.24, 2.45) is 0 Å². The Morgan fingerprint density at radius 3 is 2.59 bits per heavy atom. The summed E-state index contributed by atoms with van der Waals surface area (Å²) in [6.45, 7) is 0.308. The van der Waals surface area contributed by atoms with E-state index in [1.54, 1.807) is 37.4 Å². The zero-order valence-corrected chi connectivity index (χ0v) is 16.6. The van der Waals surface area contributed by atoms with Gasteiger partial charge in [-0.1, -0.05) is 23.7 Å². The van der Waals surface area contributed by atoms with Crippen LogP contribution in [0.3, 0.4) is 0 Å². The number of amides is 1. The quantitative estimate of drug-likeness (QED) is 0.614. The highest BCUT2D eigenvalue weighted by atomic mass is 35.5. The highest BCUT2D eigenvalue weighted by molar-refractivity contribution is 6.32. The predicted octanol–water partition coefficient (Wildman–Crippen LogP) is 2.77. The first-order chi connectivity index (χ1) is 14.1. The van der Waals surface area contributed by atoms with Gasteiger partial charge in [-0.05, 0) is 42.5 Å². The molecular formula is C21H20ClN3O4. The van der Waals surface area contributed by atoms with Gasteiger partial charge in [-0.3, -0.25) is 9.59 Å². The van der Waals surface area contributed by atoms with Crippen molar-refractivity contribution in [1.82, 2.24) is 15.1 Å². The summed E-state index contributed by atoms with van der Waals surface area (Å²) in [6, 6.07) is 17.4. The van der Waals surface area contributed by atoms with Crippen molar-refractivity contribution in [1.29, 1.82) is 0 Å². The first-order valence-electron chi connectivity index (χ1n) is 8.93. The highest BCUT2D eigenvalue weighted by Crippen LogP contribution is 2.22. The lowest BCUT2D eigenvalue weighted by molar-refractivity contribution is -0.123. The SMILES string of the molecule is COc1ccc(-c2ccc(=O)n(CCNC(=O)COc3ccccc3Cl)n2)cc1. The molecule has 0 radical (unpaired) electrons. The van der Waals surface area contributed by atoms with E-state index in [0.29, 0.717) is 16.5 Å². The van der Waals surface area contributed by atoms with E-state index < -0.39 is 0 Å². The monoisotopic (exact) mass is 413 g/mol. The van der Waals surface area contributed by atoms with E-state index in [1.165, 1.54) is 10.7 Å². The number of aromatic nitrogens is 2. The van der Waals surface area contributed by atoms with Crippen LogP contribution in [-0.2, 0) is 11.3 Å². The predicted molar refractivity (Wildman–Crippen MR) is 110 cm³/mol. The first-order valence-corrected chi connectivity index (χ1v) is 9.31. The summed E-state index contributed by atoms with van der Waals surface area (Å²) in [6.07, 6.45) is 0. The molecule has 0 unspecified atom stereocenters. The van der Waals surface area contributed by atoms with Crippen molar-refractivity contribution in [3.8, 4) is 22.8 Å². The van der Waals surface area contributed by atoms with Crippen molar-refractivity contribution in [3.63, 3.8) is 0 Å². The largest absolute Gasteiger partial charge is 0.497 e. The molecule has 1 N–H and O–H groups in total. The van der Waals surface area contributed by atoms with Gasteiger partial charge in [0.15, 0.2) is 6.61 Å². The Kier molecular flexibility index (Phi) is 6.86. The Hall–Kier alpha value is -3.32. The molecule has 0 saturated carbocycles. The van der Waals surface area contributed by atoms with Gasteiger partial charge in [0.1, 0.15) is 11.5 Å². The Balaban J connectivity index is 1.55. The van der Waals surface area contributed by atoms with Crippen LogP contribution < -0.4 is 20.3 Å². The van der Waals surface area contributed by atoms with E-state index in [4.69, 9.17) is 21.1 Å². The van der Waals surface area contributed by atoms with Crippen molar-refractivity contribution < 1.29 is 14.3 Å². The second-order valence-corrected chi connectivity index (χ2v) is 6.48. The molecule has 150 valence electrons. The van der Waals surface area contributed by atoms with Gasteiger partial charge in [0, 0.05) is 18.2 Å². The number of halogens is 1. The maximum absolute atomic E-state index is 12.1. The zero-order chi connectivity index (χ0) is 20.6. The van der Waals surface area contributed by atoms with Crippen molar-refractivity contribution in [3.05, 3.63) is 76.0 Å². The number of carbonyl (C=O) groups is 1. The minimum atomic E-state index is -0.315. The maximum Gasteiger partial charge on any atom is 0.266 e. The van der Waals surface area contributed by atoms with E-state index in [9.17, 15) is 9.59 Å². The molecule has 0 aliphatic rings. The molecule has 0 aliphatic heterocycles. The molecule has 0 spiro atoms.